The maximum Gasteiger partial charge on any atom is 0.419 e. The van der Waals surface area contributed by atoms with Gasteiger partial charge in [0.2, 0.25) is 0 Å². The Kier molecular flexibility index (Phi) is 8.13. The van der Waals surface area contributed by atoms with Gasteiger partial charge in [-0.3, -0.25) is 0 Å². The van der Waals surface area contributed by atoms with Crippen LogP contribution in [0.25, 0.3) is 10.1 Å². The Morgan fingerprint density at radius 1 is 1.13 bits per heavy atom. The summed E-state index contributed by atoms with van der Waals surface area (Å²) in [6.07, 6.45) is -1.76. The second-order valence-corrected chi connectivity index (χ2v) is 12.8. The van der Waals surface area contributed by atoms with Gasteiger partial charge in [-0.15, -0.1) is 11.3 Å². The first kappa shape index (κ1) is 28.7. The lowest BCUT2D eigenvalue weighted by Gasteiger charge is -2.28. The van der Waals surface area contributed by atoms with Crippen molar-refractivity contribution in [2.75, 3.05) is 6.61 Å². The minimum atomic E-state index is -5.46. The summed E-state index contributed by atoms with van der Waals surface area (Å²) in [7, 11) is -10.7. The number of hydrogen-bond donors (Lipinski definition) is 2. The number of hydrogen-bond acceptors (Lipinski definition) is 7. The molecular formula is C24H19F3N3O6PS2. The summed E-state index contributed by atoms with van der Waals surface area (Å²) >= 11 is 0.210. The fraction of sp³-hybridized carbons (Fsp3) is 0.167. The van der Waals surface area contributed by atoms with Gasteiger partial charge in [-0.1, -0.05) is 36.4 Å². The Morgan fingerprint density at radius 2 is 1.77 bits per heavy atom. The molecule has 0 amide bonds. The van der Waals surface area contributed by atoms with Gasteiger partial charge in [0, 0.05) is 22.2 Å². The predicted molar refractivity (Wildman–Crippen MR) is 133 cm³/mol. The number of nitrogens with zero attached hydrogens (tertiary/aromatic N) is 2. The van der Waals surface area contributed by atoms with E-state index in [0.29, 0.717) is 6.54 Å². The quantitative estimate of drug-likeness (QED) is 0.221. The number of benzene rings is 2. The highest BCUT2D eigenvalue weighted by Gasteiger charge is 2.43. The van der Waals surface area contributed by atoms with Crippen LogP contribution in [0.5, 0.6) is 5.75 Å². The molecule has 0 radical (unpaired) electrons. The molecule has 4 aromatic rings. The van der Waals surface area contributed by atoms with Crippen molar-refractivity contribution in [2.24, 2.45) is 0 Å². The van der Waals surface area contributed by atoms with Crippen molar-refractivity contribution in [1.29, 1.82) is 5.26 Å². The molecular weight excluding hydrogens is 578 g/mol. The summed E-state index contributed by atoms with van der Waals surface area (Å²) < 4.78 is 89.1. The molecule has 9 nitrogen and oxygen atoms in total. The first-order valence-corrected chi connectivity index (χ1v) is 15.0. The van der Waals surface area contributed by atoms with Crippen LogP contribution in [0.4, 0.5) is 13.2 Å². The topological polar surface area (TPSA) is 143 Å². The van der Waals surface area contributed by atoms with Crippen LogP contribution in [0.3, 0.4) is 0 Å². The van der Waals surface area contributed by atoms with E-state index in [-0.39, 0.29) is 34.0 Å². The van der Waals surface area contributed by atoms with E-state index in [1.54, 1.807) is 46.0 Å². The van der Waals surface area contributed by atoms with Crippen molar-refractivity contribution in [3.05, 3.63) is 89.7 Å². The fourth-order valence-electron chi connectivity index (χ4n) is 3.83. The first-order valence-electron chi connectivity index (χ1n) is 11.1. The van der Waals surface area contributed by atoms with Gasteiger partial charge >= 0.3 is 6.18 Å². The highest BCUT2D eigenvalue weighted by Crippen LogP contribution is 2.50. The maximum atomic E-state index is 14.4. The van der Waals surface area contributed by atoms with Crippen LogP contribution in [0.2, 0.25) is 0 Å². The first-order chi connectivity index (χ1) is 18.3. The molecule has 0 aliphatic carbocycles. The van der Waals surface area contributed by atoms with Crippen LogP contribution in [-0.2, 0) is 27.3 Å². The summed E-state index contributed by atoms with van der Waals surface area (Å²) in [5.41, 5.74) is -2.37. The van der Waals surface area contributed by atoms with Crippen LogP contribution in [0.1, 0.15) is 22.5 Å². The van der Waals surface area contributed by atoms with E-state index in [4.69, 9.17) is 4.74 Å². The highest BCUT2D eigenvalue weighted by atomic mass is 32.2. The molecule has 2 unspecified atom stereocenters. The number of ether oxygens (including phenoxy) is 1. The minimum absolute atomic E-state index is 0.00110. The number of rotatable bonds is 9. The average molecular weight is 598 g/mol. The van der Waals surface area contributed by atoms with Gasteiger partial charge in [0.25, 0.3) is 10.0 Å². The number of halogens is 3. The van der Waals surface area contributed by atoms with Crippen molar-refractivity contribution in [3.8, 4) is 11.8 Å². The molecule has 0 saturated carbocycles. The monoisotopic (exact) mass is 597 g/mol. The number of nitrogens with one attached hydrogen (secondary N) is 1. The van der Waals surface area contributed by atoms with Crippen molar-refractivity contribution >= 4 is 39.0 Å². The van der Waals surface area contributed by atoms with Gasteiger partial charge in [0.05, 0.1) is 5.56 Å². The number of thiophene rings is 1. The van der Waals surface area contributed by atoms with Crippen LogP contribution in [0.15, 0.2) is 77.3 Å². The van der Waals surface area contributed by atoms with Crippen molar-refractivity contribution < 1.29 is 45.2 Å². The number of aromatic nitrogens is 1. The SMILES string of the molecule is N#Cc1c(OCC[n+]2ccccc2)ccc2sc(S(=O)(=O)NC(c3ccccc3)P(=O)([O-])O)c(C(F)(F)F)c12. The molecule has 2 N–H and O–H groups in total. The van der Waals surface area contributed by atoms with Crippen molar-refractivity contribution in [2.45, 2.75) is 22.7 Å². The van der Waals surface area contributed by atoms with Crippen molar-refractivity contribution in [3.63, 3.8) is 0 Å². The molecule has 0 spiro atoms. The second-order valence-electron chi connectivity index (χ2n) is 8.15. The van der Waals surface area contributed by atoms with Gasteiger partial charge < -0.3 is 19.1 Å². The van der Waals surface area contributed by atoms with E-state index in [2.05, 4.69) is 0 Å². The van der Waals surface area contributed by atoms with E-state index >= 15 is 0 Å². The number of alkyl halides is 3. The molecule has 2 atom stereocenters. The summed E-state index contributed by atoms with van der Waals surface area (Å²) in [6.45, 7) is 0.321. The summed E-state index contributed by atoms with van der Waals surface area (Å²) in [5, 5.41) is 9.07. The average Bonchev–Trinajstić information content (AvgIpc) is 3.29. The molecule has 0 aliphatic rings. The van der Waals surface area contributed by atoms with E-state index in [1.807, 2.05) is 0 Å². The Hall–Kier alpha value is -3.31. The third kappa shape index (κ3) is 6.30. The Balaban J connectivity index is 1.79. The van der Waals surface area contributed by atoms with E-state index in [9.17, 15) is 41.2 Å². The molecule has 2 heterocycles. The lowest BCUT2D eigenvalue weighted by molar-refractivity contribution is -0.697. The Labute approximate surface area is 224 Å². The normalized spacial score (nSPS) is 14.5. The highest BCUT2D eigenvalue weighted by molar-refractivity contribution is 7.92. The van der Waals surface area contributed by atoms with Crippen LogP contribution >= 0.6 is 18.9 Å². The predicted octanol–water partition coefficient (Wildman–Crippen LogP) is 3.68. The zero-order valence-electron chi connectivity index (χ0n) is 19.7. The molecule has 2 aromatic heterocycles. The van der Waals surface area contributed by atoms with Gasteiger partial charge in [0.1, 0.15) is 34.0 Å². The second kappa shape index (κ2) is 11.1. The molecule has 2 aromatic carbocycles. The standard InChI is InChI=1S/C24H19F3N3O6PS2/c25-24(26,27)21-20-17(15-28)18(36-14-13-30-11-5-2-6-12-30)9-10-19(20)38-23(21)39(34,35)29-22(37(31,32)33)16-7-3-1-4-8-16/h1-12,22,29H,13-14H2,(H-,31,32,33). The van der Waals surface area contributed by atoms with Gasteiger partial charge in [-0.05, 0) is 17.7 Å². The van der Waals surface area contributed by atoms with E-state index in [0.717, 1.165) is 0 Å². The zero-order valence-corrected chi connectivity index (χ0v) is 22.2. The Morgan fingerprint density at radius 3 is 2.36 bits per heavy atom. The van der Waals surface area contributed by atoms with E-state index in [1.165, 1.54) is 42.5 Å². The lowest BCUT2D eigenvalue weighted by Crippen LogP contribution is -2.35. The third-order valence-electron chi connectivity index (χ3n) is 5.52. The van der Waals surface area contributed by atoms with Crippen LogP contribution in [0, 0.1) is 11.3 Å². The molecule has 204 valence electrons. The van der Waals surface area contributed by atoms with E-state index < -0.39 is 50.3 Å². The largest absolute Gasteiger partial charge is 0.777 e. The van der Waals surface area contributed by atoms with Gasteiger partial charge in [-0.2, -0.15) is 23.2 Å². The fourth-order valence-corrected chi connectivity index (χ4v) is 8.17. The molecule has 0 aliphatic heterocycles. The van der Waals surface area contributed by atoms with Crippen LogP contribution < -0.4 is 18.9 Å². The van der Waals surface area contributed by atoms with Gasteiger partial charge in [0.15, 0.2) is 26.5 Å². The van der Waals surface area contributed by atoms with Crippen LogP contribution in [-0.4, -0.2) is 19.9 Å². The number of nitriles is 1. The molecule has 0 bridgehead atoms. The molecule has 4 rings (SSSR count). The molecule has 15 heteroatoms. The van der Waals surface area contributed by atoms with Crippen molar-refractivity contribution in [1.82, 2.24) is 4.72 Å². The smallest absolute Gasteiger partial charge is 0.419 e. The third-order valence-corrected chi connectivity index (χ3v) is 9.87. The lowest BCUT2D eigenvalue weighted by atomic mass is 10.1. The maximum absolute atomic E-state index is 14.4. The number of pyridine rings is 1. The minimum Gasteiger partial charge on any atom is -0.777 e. The number of fused-ring (bicyclic) bond motifs is 1. The molecule has 0 saturated heterocycles. The molecule has 39 heavy (non-hydrogen) atoms. The van der Waals surface area contributed by atoms with Gasteiger partial charge in [-0.25, -0.2) is 13.0 Å². The Bertz CT molecular complexity index is 1690. The zero-order chi connectivity index (χ0) is 28.4. The summed E-state index contributed by atoms with van der Waals surface area (Å²) in [4.78, 5) is 21.7. The number of sulfonamides is 1. The molecule has 0 fully saturated rings. The summed E-state index contributed by atoms with van der Waals surface area (Å²) in [5.74, 6) is -2.43. The summed E-state index contributed by atoms with van der Waals surface area (Å²) in [6, 6.07) is 16.1.